The van der Waals surface area contributed by atoms with Crippen molar-refractivity contribution in [3.05, 3.63) is 0 Å². The minimum absolute atomic E-state index is 0.634. The van der Waals surface area contributed by atoms with Crippen molar-refractivity contribution in [3.8, 4) is 0 Å². The summed E-state index contributed by atoms with van der Waals surface area (Å²) in [5, 5.41) is 2.75. The third kappa shape index (κ3) is 14.5. The highest BCUT2D eigenvalue weighted by Crippen LogP contribution is 2.30. The van der Waals surface area contributed by atoms with Gasteiger partial charge in [0.2, 0.25) is 0 Å². The van der Waals surface area contributed by atoms with E-state index in [9.17, 15) is 0 Å². The highest BCUT2D eigenvalue weighted by Gasteiger charge is 2.16. The Balaban J connectivity index is -0.000000205. The average molecular weight is 203 g/mol. The van der Waals surface area contributed by atoms with Crippen molar-refractivity contribution in [2.24, 2.45) is 5.41 Å². The van der Waals surface area contributed by atoms with Gasteiger partial charge in [0.25, 0.3) is 0 Å². The van der Waals surface area contributed by atoms with Crippen molar-refractivity contribution >= 4 is 0 Å². The third-order valence-electron chi connectivity index (χ3n) is 2.56. The van der Waals surface area contributed by atoms with Crippen LogP contribution in [0.3, 0.4) is 0 Å². The minimum Gasteiger partial charge on any atom is -0.323 e. The molecule has 0 fully saturated rings. The zero-order valence-electron chi connectivity index (χ0n) is 11.8. The van der Waals surface area contributed by atoms with Crippen LogP contribution in [0.15, 0.2) is 0 Å². The molecule has 14 heavy (non-hydrogen) atoms. The SMILES string of the molecule is CC.CCCC(C)(CC)CC.CNC. The van der Waals surface area contributed by atoms with E-state index >= 15 is 0 Å². The molecule has 0 bridgehead atoms. The van der Waals surface area contributed by atoms with Crippen LogP contribution in [0.1, 0.15) is 67.2 Å². The zero-order valence-corrected chi connectivity index (χ0v) is 11.8. The fourth-order valence-corrected chi connectivity index (χ4v) is 1.21. The summed E-state index contributed by atoms with van der Waals surface area (Å²) in [5.41, 5.74) is 0.634. The Kier molecular flexibility index (Phi) is 21.5. The molecule has 0 saturated heterocycles. The van der Waals surface area contributed by atoms with Gasteiger partial charge in [-0.3, -0.25) is 0 Å². The van der Waals surface area contributed by atoms with Crippen LogP contribution in [0.5, 0.6) is 0 Å². The third-order valence-corrected chi connectivity index (χ3v) is 2.56. The molecule has 0 aromatic rings. The Morgan fingerprint density at radius 3 is 1.29 bits per heavy atom. The Morgan fingerprint density at radius 2 is 1.21 bits per heavy atom. The fourth-order valence-electron chi connectivity index (χ4n) is 1.21. The maximum Gasteiger partial charge on any atom is -0.0167 e. The normalized spacial score (nSPS) is 9.43. The lowest BCUT2D eigenvalue weighted by molar-refractivity contribution is 0.270. The van der Waals surface area contributed by atoms with Gasteiger partial charge >= 0.3 is 0 Å². The van der Waals surface area contributed by atoms with Crippen molar-refractivity contribution in [1.29, 1.82) is 0 Å². The van der Waals surface area contributed by atoms with Crippen molar-refractivity contribution < 1.29 is 0 Å². The van der Waals surface area contributed by atoms with Gasteiger partial charge in [-0.05, 0) is 25.9 Å². The molecule has 1 heteroatoms. The molecule has 0 amide bonds. The molecule has 0 unspecified atom stereocenters. The second-order valence-electron chi connectivity index (χ2n) is 3.77. The van der Waals surface area contributed by atoms with E-state index in [1.54, 1.807) is 0 Å². The van der Waals surface area contributed by atoms with E-state index in [0.29, 0.717) is 5.41 Å². The summed E-state index contributed by atoms with van der Waals surface area (Å²) in [6, 6.07) is 0. The molecular formula is C13H33N. The molecule has 0 spiro atoms. The number of hydrogen-bond acceptors (Lipinski definition) is 1. The van der Waals surface area contributed by atoms with Gasteiger partial charge in [-0.25, -0.2) is 0 Å². The lowest BCUT2D eigenvalue weighted by Crippen LogP contribution is -2.12. The molecule has 0 atom stereocenters. The monoisotopic (exact) mass is 203 g/mol. The van der Waals surface area contributed by atoms with Gasteiger partial charge in [0.15, 0.2) is 0 Å². The molecule has 90 valence electrons. The Hall–Kier alpha value is -0.0400. The Labute approximate surface area is 92.7 Å². The first-order chi connectivity index (χ1) is 6.60. The van der Waals surface area contributed by atoms with E-state index in [2.05, 4.69) is 33.0 Å². The van der Waals surface area contributed by atoms with Crippen molar-refractivity contribution in [1.82, 2.24) is 5.32 Å². The highest BCUT2D eigenvalue weighted by atomic mass is 14.7. The summed E-state index contributed by atoms with van der Waals surface area (Å²) in [4.78, 5) is 0. The first kappa shape index (κ1) is 19.5. The maximum atomic E-state index is 2.75. The van der Waals surface area contributed by atoms with Gasteiger partial charge in [-0.1, -0.05) is 60.8 Å². The molecule has 0 saturated carbocycles. The standard InChI is InChI=1S/C9H20.C2H7N.C2H6/c1-5-8-9(4,6-2)7-3;1-3-2;1-2/h5-8H2,1-4H3;3H,1-2H3;1-2H3. The minimum atomic E-state index is 0.634. The lowest BCUT2D eigenvalue weighted by Gasteiger charge is -2.25. The van der Waals surface area contributed by atoms with Crippen LogP contribution in [-0.4, -0.2) is 14.1 Å². The first-order valence-electron chi connectivity index (χ1n) is 6.18. The second kappa shape index (κ2) is 15.4. The summed E-state index contributed by atoms with van der Waals surface area (Å²) in [6.45, 7) is 13.2. The van der Waals surface area contributed by atoms with Gasteiger partial charge in [-0.2, -0.15) is 0 Å². The van der Waals surface area contributed by atoms with E-state index in [1.165, 1.54) is 25.7 Å². The molecule has 0 aromatic carbocycles. The van der Waals surface area contributed by atoms with Crippen LogP contribution in [0.25, 0.3) is 0 Å². The first-order valence-corrected chi connectivity index (χ1v) is 6.18. The van der Waals surface area contributed by atoms with Crippen molar-refractivity contribution in [2.75, 3.05) is 14.1 Å². The largest absolute Gasteiger partial charge is 0.323 e. The predicted molar refractivity (Wildman–Crippen MR) is 69.9 cm³/mol. The van der Waals surface area contributed by atoms with Crippen LogP contribution < -0.4 is 5.32 Å². The number of nitrogens with one attached hydrogen (secondary N) is 1. The van der Waals surface area contributed by atoms with Crippen LogP contribution in [0, 0.1) is 5.41 Å². The summed E-state index contributed by atoms with van der Waals surface area (Å²) >= 11 is 0. The predicted octanol–water partition coefficient (Wildman–Crippen LogP) is 4.47. The number of hydrogen-bond donors (Lipinski definition) is 1. The van der Waals surface area contributed by atoms with Crippen LogP contribution in [0.4, 0.5) is 0 Å². The molecule has 0 aliphatic rings. The molecule has 0 aliphatic heterocycles. The molecule has 0 aromatic heterocycles. The molecule has 1 N–H and O–H groups in total. The summed E-state index contributed by atoms with van der Waals surface area (Å²) < 4.78 is 0. The lowest BCUT2D eigenvalue weighted by atomic mass is 9.81. The van der Waals surface area contributed by atoms with E-state index < -0.39 is 0 Å². The Morgan fingerprint density at radius 1 is 0.929 bits per heavy atom. The van der Waals surface area contributed by atoms with Crippen LogP contribution in [0.2, 0.25) is 0 Å². The smallest absolute Gasteiger partial charge is 0.0167 e. The zero-order chi connectivity index (χ0) is 12.0. The highest BCUT2D eigenvalue weighted by molar-refractivity contribution is 4.69. The summed E-state index contributed by atoms with van der Waals surface area (Å²) in [5.74, 6) is 0. The van der Waals surface area contributed by atoms with E-state index in [4.69, 9.17) is 0 Å². The van der Waals surface area contributed by atoms with Gasteiger partial charge in [-0.15, -0.1) is 0 Å². The van der Waals surface area contributed by atoms with Crippen LogP contribution in [-0.2, 0) is 0 Å². The molecular weight excluding hydrogens is 170 g/mol. The molecule has 0 rings (SSSR count). The van der Waals surface area contributed by atoms with Gasteiger partial charge in [0, 0.05) is 0 Å². The summed E-state index contributed by atoms with van der Waals surface area (Å²) in [7, 11) is 3.75. The van der Waals surface area contributed by atoms with E-state index in [-0.39, 0.29) is 0 Å². The summed E-state index contributed by atoms with van der Waals surface area (Å²) in [6.07, 6.45) is 5.38. The average Bonchev–Trinajstić information content (AvgIpc) is 2.22. The molecule has 0 radical (unpaired) electrons. The topological polar surface area (TPSA) is 12.0 Å². The maximum absolute atomic E-state index is 2.75. The van der Waals surface area contributed by atoms with Gasteiger partial charge in [0.1, 0.15) is 0 Å². The molecule has 0 heterocycles. The van der Waals surface area contributed by atoms with Crippen LogP contribution >= 0.6 is 0 Å². The fraction of sp³-hybridized carbons (Fsp3) is 1.00. The molecule has 0 aliphatic carbocycles. The second-order valence-corrected chi connectivity index (χ2v) is 3.77. The molecule has 1 nitrogen and oxygen atoms in total. The van der Waals surface area contributed by atoms with Crippen molar-refractivity contribution in [2.45, 2.75) is 67.2 Å². The van der Waals surface area contributed by atoms with E-state index in [0.717, 1.165) is 0 Å². The van der Waals surface area contributed by atoms with Gasteiger partial charge < -0.3 is 5.32 Å². The number of rotatable bonds is 4. The quantitative estimate of drug-likeness (QED) is 0.710. The van der Waals surface area contributed by atoms with E-state index in [1.807, 2.05) is 27.9 Å². The van der Waals surface area contributed by atoms with Gasteiger partial charge in [0.05, 0.1) is 0 Å². The van der Waals surface area contributed by atoms with Crippen molar-refractivity contribution in [3.63, 3.8) is 0 Å². The Bertz CT molecular complexity index is 75.3.